The number of rotatable bonds is 8. The molecule has 0 bridgehead atoms. The van der Waals surface area contributed by atoms with E-state index < -0.39 is 16.2 Å². The van der Waals surface area contributed by atoms with E-state index in [1.807, 2.05) is 0 Å². The Balaban J connectivity index is 2.56. The first-order valence-corrected chi connectivity index (χ1v) is 6.84. The van der Waals surface area contributed by atoms with Gasteiger partial charge in [0.15, 0.2) is 0 Å². The molecule has 0 aliphatic carbocycles. The molecule has 0 fully saturated rings. The first-order valence-electron chi connectivity index (χ1n) is 5.36. The highest BCUT2D eigenvalue weighted by atomic mass is 32.2. The lowest BCUT2D eigenvalue weighted by atomic mass is 10.2. The summed E-state index contributed by atoms with van der Waals surface area (Å²) in [6.07, 6.45) is 1.31. The second kappa shape index (κ2) is 7.14. The highest BCUT2D eigenvalue weighted by molar-refractivity contribution is 7.87. The van der Waals surface area contributed by atoms with E-state index in [1.54, 1.807) is 0 Å². The van der Waals surface area contributed by atoms with E-state index in [2.05, 4.69) is 14.4 Å². The Morgan fingerprint density at radius 2 is 2.21 bits per heavy atom. The fourth-order valence-corrected chi connectivity index (χ4v) is 2.00. The van der Waals surface area contributed by atoms with Crippen LogP contribution >= 0.6 is 0 Å². The lowest BCUT2D eigenvalue weighted by molar-refractivity contribution is 0.0696. The SMILES string of the molecule is COCCNS(=O)(=O)NCc1cc(C(=O)O)ccn1. The van der Waals surface area contributed by atoms with Crippen LogP contribution in [0, 0.1) is 0 Å². The Morgan fingerprint density at radius 3 is 2.84 bits per heavy atom. The number of nitrogens with one attached hydrogen (secondary N) is 2. The molecule has 1 heterocycles. The van der Waals surface area contributed by atoms with Crippen LogP contribution in [0.3, 0.4) is 0 Å². The number of aromatic carboxylic acids is 1. The van der Waals surface area contributed by atoms with Crippen molar-refractivity contribution in [3.8, 4) is 0 Å². The molecule has 19 heavy (non-hydrogen) atoms. The van der Waals surface area contributed by atoms with Crippen LogP contribution in [-0.2, 0) is 21.5 Å². The Kier molecular flexibility index (Phi) is 5.83. The maximum absolute atomic E-state index is 11.5. The monoisotopic (exact) mass is 289 g/mol. The molecule has 0 saturated heterocycles. The maximum atomic E-state index is 11.5. The van der Waals surface area contributed by atoms with Gasteiger partial charge in [-0.15, -0.1) is 0 Å². The fraction of sp³-hybridized carbons (Fsp3) is 0.400. The molecule has 0 aliphatic rings. The molecule has 3 N–H and O–H groups in total. The van der Waals surface area contributed by atoms with Crippen LogP contribution in [-0.4, -0.2) is 44.7 Å². The third kappa shape index (κ3) is 5.75. The number of hydrogen-bond acceptors (Lipinski definition) is 5. The van der Waals surface area contributed by atoms with Gasteiger partial charge in [-0.1, -0.05) is 0 Å². The first kappa shape index (κ1) is 15.5. The number of carbonyl (C=O) groups is 1. The highest BCUT2D eigenvalue weighted by Crippen LogP contribution is 2.01. The number of methoxy groups -OCH3 is 1. The first-order chi connectivity index (χ1) is 8.94. The van der Waals surface area contributed by atoms with Crippen molar-refractivity contribution < 1.29 is 23.1 Å². The lowest BCUT2D eigenvalue weighted by Crippen LogP contribution is -2.37. The van der Waals surface area contributed by atoms with Crippen molar-refractivity contribution in [3.63, 3.8) is 0 Å². The molecule has 0 radical (unpaired) electrons. The quantitative estimate of drug-likeness (QED) is 0.547. The number of carboxylic acid groups (broad SMARTS) is 1. The van der Waals surface area contributed by atoms with Crippen molar-refractivity contribution in [2.45, 2.75) is 6.54 Å². The van der Waals surface area contributed by atoms with E-state index in [1.165, 1.54) is 25.4 Å². The maximum Gasteiger partial charge on any atom is 0.335 e. The van der Waals surface area contributed by atoms with Crippen molar-refractivity contribution >= 4 is 16.2 Å². The second-order valence-electron chi connectivity index (χ2n) is 3.55. The summed E-state index contributed by atoms with van der Waals surface area (Å²) in [5.74, 6) is -1.09. The minimum absolute atomic E-state index is 0.0524. The summed E-state index contributed by atoms with van der Waals surface area (Å²) in [6, 6.07) is 2.64. The van der Waals surface area contributed by atoms with Gasteiger partial charge in [-0.25, -0.2) is 4.79 Å². The number of aromatic nitrogens is 1. The molecule has 9 heteroatoms. The van der Waals surface area contributed by atoms with Crippen LogP contribution in [0.15, 0.2) is 18.3 Å². The van der Waals surface area contributed by atoms with Crippen LogP contribution < -0.4 is 9.44 Å². The number of pyridine rings is 1. The van der Waals surface area contributed by atoms with Gasteiger partial charge in [0.05, 0.1) is 24.4 Å². The summed E-state index contributed by atoms with van der Waals surface area (Å²) in [6.45, 7) is 0.311. The zero-order chi connectivity index (χ0) is 14.3. The normalized spacial score (nSPS) is 11.4. The van der Waals surface area contributed by atoms with Crippen LogP contribution in [0.5, 0.6) is 0 Å². The predicted molar refractivity (Wildman–Crippen MR) is 66.8 cm³/mol. The molecule has 0 spiro atoms. The molecule has 1 aromatic rings. The molecular weight excluding hydrogens is 274 g/mol. The highest BCUT2D eigenvalue weighted by Gasteiger charge is 2.10. The Hall–Kier alpha value is -1.55. The van der Waals surface area contributed by atoms with Crippen molar-refractivity contribution in [3.05, 3.63) is 29.6 Å². The smallest absolute Gasteiger partial charge is 0.335 e. The van der Waals surface area contributed by atoms with Crippen molar-refractivity contribution in [1.29, 1.82) is 0 Å². The predicted octanol–water partition coefficient (Wildman–Crippen LogP) is -0.650. The Bertz CT molecular complexity index is 532. The van der Waals surface area contributed by atoms with Crippen LogP contribution in [0.4, 0.5) is 0 Å². The summed E-state index contributed by atoms with van der Waals surface area (Å²) in [7, 11) is -2.19. The number of hydrogen-bond donors (Lipinski definition) is 3. The second-order valence-corrected chi connectivity index (χ2v) is 5.14. The van der Waals surface area contributed by atoms with Gasteiger partial charge in [0, 0.05) is 19.9 Å². The molecule has 0 unspecified atom stereocenters. The largest absolute Gasteiger partial charge is 0.478 e. The summed E-state index contributed by atoms with van der Waals surface area (Å²) < 4.78 is 32.2. The van der Waals surface area contributed by atoms with Gasteiger partial charge in [-0.05, 0) is 12.1 Å². The van der Waals surface area contributed by atoms with E-state index >= 15 is 0 Å². The molecule has 1 rings (SSSR count). The van der Waals surface area contributed by atoms with Gasteiger partial charge in [-0.2, -0.15) is 17.9 Å². The third-order valence-electron chi connectivity index (χ3n) is 2.11. The summed E-state index contributed by atoms with van der Waals surface area (Å²) in [5, 5.41) is 8.79. The van der Waals surface area contributed by atoms with Gasteiger partial charge in [0.25, 0.3) is 10.2 Å². The Labute approximate surface area is 111 Å². The van der Waals surface area contributed by atoms with E-state index in [9.17, 15) is 13.2 Å². The van der Waals surface area contributed by atoms with E-state index in [0.29, 0.717) is 5.69 Å². The van der Waals surface area contributed by atoms with Crippen LogP contribution in [0.25, 0.3) is 0 Å². The molecule has 106 valence electrons. The molecule has 0 saturated carbocycles. The molecule has 0 amide bonds. The van der Waals surface area contributed by atoms with E-state index in [0.717, 1.165) is 0 Å². The average Bonchev–Trinajstić information content (AvgIpc) is 2.37. The number of nitrogens with zero attached hydrogens (tertiary/aromatic N) is 1. The standard InChI is InChI=1S/C10H15N3O5S/c1-18-5-4-12-19(16,17)13-7-9-6-8(10(14)15)2-3-11-9/h2-3,6,12-13H,4-5,7H2,1H3,(H,14,15). The molecule has 0 aliphatic heterocycles. The summed E-state index contributed by atoms with van der Waals surface area (Å²) in [4.78, 5) is 14.6. The van der Waals surface area contributed by atoms with Gasteiger partial charge in [0.2, 0.25) is 0 Å². The van der Waals surface area contributed by atoms with Gasteiger partial charge in [-0.3, -0.25) is 4.98 Å². The van der Waals surface area contributed by atoms with E-state index in [4.69, 9.17) is 9.84 Å². The molecule has 0 atom stereocenters. The minimum atomic E-state index is -3.65. The van der Waals surface area contributed by atoms with Gasteiger partial charge < -0.3 is 9.84 Å². The summed E-state index contributed by atoms with van der Waals surface area (Å²) >= 11 is 0. The lowest BCUT2D eigenvalue weighted by Gasteiger charge is -2.07. The zero-order valence-corrected chi connectivity index (χ0v) is 11.1. The van der Waals surface area contributed by atoms with Gasteiger partial charge in [0.1, 0.15) is 0 Å². The molecule has 0 aromatic carbocycles. The number of ether oxygens (including phenoxy) is 1. The van der Waals surface area contributed by atoms with E-state index in [-0.39, 0.29) is 25.3 Å². The minimum Gasteiger partial charge on any atom is -0.478 e. The third-order valence-corrected chi connectivity index (χ3v) is 3.21. The molecule has 1 aromatic heterocycles. The Morgan fingerprint density at radius 1 is 1.47 bits per heavy atom. The van der Waals surface area contributed by atoms with Crippen molar-refractivity contribution in [2.75, 3.05) is 20.3 Å². The zero-order valence-electron chi connectivity index (χ0n) is 10.3. The average molecular weight is 289 g/mol. The van der Waals surface area contributed by atoms with Crippen molar-refractivity contribution in [1.82, 2.24) is 14.4 Å². The van der Waals surface area contributed by atoms with Crippen molar-refractivity contribution in [2.24, 2.45) is 0 Å². The molecule has 8 nitrogen and oxygen atoms in total. The summed E-state index contributed by atoms with van der Waals surface area (Å²) in [5.41, 5.74) is 0.369. The topological polar surface area (TPSA) is 118 Å². The molecular formula is C10H15N3O5S. The van der Waals surface area contributed by atoms with Gasteiger partial charge >= 0.3 is 5.97 Å². The number of carboxylic acids is 1. The van der Waals surface area contributed by atoms with Crippen LogP contribution in [0.2, 0.25) is 0 Å². The van der Waals surface area contributed by atoms with Crippen LogP contribution in [0.1, 0.15) is 16.1 Å². The fourth-order valence-electron chi connectivity index (χ4n) is 1.21.